The molecule has 0 aliphatic carbocycles. The molecule has 7 nitrogen and oxygen atoms in total. The van der Waals surface area contributed by atoms with E-state index in [-0.39, 0.29) is 29.8 Å². The number of anilines is 1. The molecule has 2 aromatic heterocycles. The maximum atomic E-state index is 12.6. The van der Waals surface area contributed by atoms with Crippen LogP contribution >= 0.6 is 11.3 Å². The summed E-state index contributed by atoms with van der Waals surface area (Å²) in [7, 11) is 1.58. The van der Waals surface area contributed by atoms with Gasteiger partial charge in [-0.15, -0.1) is 11.3 Å². The summed E-state index contributed by atoms with van der Waals surface area (Å²) < 4.78 is 10.3. The Morgan fingerprint density at radius 2 is 2.00 bits per heavy atom. The van der Waals surface area contributed by atoms with Crippen molar-refractivity contribution < 1.29 is 23.5 Å². The summed E-state index contributed by atoms with van der Waals surface area (Å²) in [5.74, 6) is 0.147. The Hall–Kier alpha value is -3.39. The Bertz CT molecular complexity index is 1060. The summed E-state index contributed by atoms with van der Waals surface area (Å²) >= 11 is 1.31. The molecule has 1 aliphatic rings. The van der Waals surface area contributed by atoms with Crippen LogP contribution in [-0.2, 0) is 16.1 Å². The van der Waals surface area contributed by atoms with Crippen molar-refractivity contribution in [3.8, 4) is 5.75 Å². The van der Waals surface area contributed by atoms with Gasteiger partial charge in [-0.25, -0.2) is 0 Å². The minimum atomic E-state index is -0.413. The molecule has 4 rings (SSSR count). The lowest BCUT2D eigenvalue weighted by Crippen LogP contribution is -2.32. The fraction of sp³-hybridized carbons (Fsp3) is 0.227. The van der Waals surface area contributed by atoms with Gasteiger partial charge in [-0.2, -0.15) is 0 Å². The third-order valence-electron chi connectivity index (χ3n) is 4.95. The summed E-state index contributed by atoms with van der Waals surface area (Å²) in [4.78, 5) is 40.3. The zero-order valence-electron chi connectivity index (χ0n) is 16.3. The molecule has 154 valence electrons. The zero-order chi connectivity index (χ0) is 21.1. The van der Waals surface area contributed by atoms with Crippen LogP contribution in [0.5, 0.6) is 5.75 Å². The van der Waals surface area contributed by atoms with Crippen molar-refractivity contribution in [3.05, 3.63) is 70.3 Å². The average molecular weight is 424 g/mol. The third kappa shape index (κ3) is 4.13. The van der Waals surface area contributed by atoms with Gasteiger partial charge in [-0.1, -0.05) is 0 Å². The molecule has 1 saturated heterocycles. The molecule has 1 fully saturated rings. The lowest BCUT2D eigenvalue weighted by molar-refractivity contribution is -0.126. The van der Waals surface area contributed by atoms with Gasteiger partial charge in [0.05, 0.1) is 30.7 Å². The molecule has 1 aliphatic heterocycles. The average Bonchev–Trinajstić information content (AvgIpc) is 3.52. The molecule has 1 unspecified atom stereocenters. The van der Waals surface area contributed by atoms with Crippen LogP contribution < -0.4 is 15.0 Å². The summed E-state index contributed by atoms with van der Waals surface area (Å²) in [6, 6.07) is 14.0. The van der Waals surface area contributed by atoms with Crippen molar-refractivity contribution >= 4 is 34.6 Å². The zero-order valence-corrected chi connectivity index (χ0v) is 17.1. The van der Waals surface area contributed by atoms with Gasteiger partial charge in [0.1, 0.15) is 5.75 Å². The number of carbonyl (C=O) groups excluding carboxylic acids is 3. The summed E-state index contributed by atoms with van der Waals surface area (Å²) in [5, 5.41) is 2.88. The molecular formula is C22H20N2O5S. The highest BCUT2D eigenvalue weighted by molar-refractivity contribution is 7.14. The van der Waals surface area contributed by atoms with E-state index in [1.54, 1.807) is 54.5 Å². The van der Waals surface area contributed by atoms with Gasteiger partial charge in [-0.3, -0.25) is 14.4 Å². The predicted molar refractivity (Wildman–Crippen MR) is 112 cm³/mol. The van der Waals surface area contributed by atoms with Crippen LogP contribution in [-0.4, -0.2) is 31.3 Å². The number of carbonyl (C=O) groups is 3. The van der Waals surface area contributed by atoms with Gasteiger partial charge in [0.15, 0.2) is 5.76 Å². The molecule has 8 heteroatoms. The Morgan fingerprint density at radius 3 is 2.70 bits per heavy atom. The monoisotopic (exact) mass is 424 g/mol. The Kier molecular flexibility index (Phi) is 5.67. The number of ketones is 1. The molecule has 1 atom stereocenters. The molecule has 0 spiro atoms. The smallest absolute Gasteiger partial charge is 0.238 e. The molecule has 1 N–H and O–H groups in total. The van der Waals surface area contributed by atoms with Crippen molar-refractivity contribution in [1.82, 2.24) is 5.32 Å². The second kappa shape index (κ2) is 8.54. The number of nitrogens with zero attached hydrogens (tertiary/aromatic N) is 1. The number of furan rings is 1. The summed E-state index contributed by atoms with van der Waals surface area (Å²) in [6.07, 6.45) is 1.63. The third-order valence-corrected chi connectivity index (χ3v) is 6.03. The molecule has 1 aromatic carbocycles. The number of hydrogen-bond acceptors (Lipinski definition) is 6. The van der Waals surface area contributed by atoms with Crippen LogP contribution in [0.2, 0.25) is 0 Å². The fourth-order valence-corrected chi connectivity index (χ4v) is 4.23. The van der Waals surface area contributed by atoms with Crippen LogP contribution in [0.1, 0.15) is 26.7 Å². The number of rotatable bonds is 7. The van der Waals surface area contributed by atoms with Crippen molar-refractivity contribution in [2.45, 2.75) is 13.0 Å². The number of amides is 2. The van der Waals surface area contributed by atoms with Gasteiger partial charge in [-0.05, 0) is 48.5 Å². The molecule has 0 saturated carbocycles. The molecule has 3 heterocycles. The van der Waals surface area contributed by atoms with E-state index in [2.05, 4.69) is 5.32 Å². The molecule has 30 heavy (non-hydrogen) atoms. The maximum Gasteiger partial charge on any atom is 0.238 e. The van der Waals surface area contributed by atoms with E-state index in [0.717, 1.165) is 10.6 Å². The van der Waals surface area contributed by atoms with E-state index in [4.69, 9.17) is 9.15 Å². The topological polar surface area (TPSA) is 88.8 Å². The highest BCUT2D eigenvalue weighted by atomic mass is 32.1. The number of benzene rings is 1. The number of thiophene rings is 1. The van der Waals surface area contributed by atoms with Crippen LogP contribution in [0, 0.1) is 5.92 Å². The first-order valence-electron chi connectivity index (χ1n) is 9.44. The van der Waals surface area contributed by atoms with Crippen LogP contribution in [0.15, 0.2) is 59.2 Å². The predicted octanol–water partition coefficient (Wildman–Crippen LogP) is 3.25. The fourth-order valence-electron chi connectivity index (χ4n) is 3.34. The minimum absolute atomic E-state index is 0.0808. The second-order valence-electron chi connectivity index (χ2n) is 6.89. The molecule has 3 aromatic rings. The lowest BCUT2D eigenvalue weighted by Gasteiger charge is -2.17. The Morgan fingerprint density at radius 1 is 1.20 bits per heavy atom. The van der Waals surface area contributed by atoms with E-state index >= 15 is 0 Å². The number of nitrogens with one attached hydrogen (secondary N) is 1. The standard InChI is InChI=1S/C22H20N2O5S/c1-28-16-6-4-15(5-7-16)24-13-14(11-20(24)25)22(27)23-12-17-8-9-19(30-17)21(26)18-3-2-10-29-18/h2-10,14H,11-13H2,1H3,(H,23,27). The van der Waals surface area contributed by atoms with E-state index in [0.29, 0.717) is 23.7 Å². The van der Waals surface area contributed by atoms with Crippen LogP contribution in [0.25, 0.3) is 0 Å². The molecule has 2 amide bonds. The van der Waals surface area contributed by atoms with Gasteiger partial charge >= 0.3 is 0 Å². The first kappa shape index (κ1) is 19.9. The quantitative estimate of drug-likeness (QED) is 0.588. The highest BCUT2D eigenvalue weighted by Gasteiger charge is 2.35. The van der Waals surface area contributed by atoms with Crippen molar-refractivity contribution in [2.24, 2.45) is 5.92 Å². The Balaban J connectivity index is 1.33. The van der Waals surface area contributed by atoms with Gasteiger partial charge in [0, 0.05) is 23.5 Å². The van der Waals surface area contributed by atoms with Gasteiger partial charge < -0.3 is 19.4 Å². The van der Waals surface area contributed by atoms with E-state index in [1.165, 1.54) is 17.6 Å². The first-order valence-corrected chi connectivity index (χ1v) is 10.3. The van der Waals surface area contributed by atoms with Crippen molar-refractivity contribution in [1.29, 1.82) is 0 Å². The van der Waals surface area contributed by atoms with Gasteiger partial charge in [0.25, 0.3) is 0 Å². The van der Waals surface area contributed by atoms with Gasteiger partial charge in [0.2, 0.25) is 17.6 Å². The van der Waals surface area contributed by atoms with Crippen LogP contribution in [0.4, 0.5) is 5.69 Å². The molecular weight excluding hydrogens is 404 g/mol. The highest BCUT2D eigenvalue weighted by Crippen LogP contribution is 2.27. The normalized spacial score (nSPS) is 16.0. The molecule has 0 bridgehead atoms. The SMILES string of the molecule is COc1ccc(N2CC(C(=O)NCc3ccc(C(=O)c4ccco4)s3)CC2=O)cc1. The van der Waals surface area contributed by atoms with E-state index in [9.17, 15) is 14.4 Å². The van der Waals surface area contributed by atoms with E-state index < -0.39 is 5.92 Å². The number of methoxy groups -OCH3 is 1. The molecule has 0 radical (unpaired) electrons. The van der Waals surface area contributed by atoms with Crippen molar-refractivity contribution in [2.75, 3.05) is 18.6 Å². The minimum Gasteiger partial charge on any atom is -0.497 e. The summed E-state index contributed by atoms with van der Waals surface area (Å²) in [5.41, 5.74) is 0.746. The van der Waals surface area contributed by atoms with Crippen LogP contribution in [0.3, 0.4) is 0 Å². The van der Waals surface area contributed by atoms with E-state index in [1.807, 2.05) is 6.07 Å². The maximum absolute atomic E-state index is 12.6. The number of hydrogen-bond donors (Lipinski definition) is 1. The Labute approximate surface area is 177 Å². The largest absolute Gasteiger partial charge is 0.497 e. The summed E-state index contributed by atoms with van der Waals surface area (Å²) in [6.45, 7) is 0.645. The first-order chi connectivity index (χ1) is 14.5. The second-order valence-corrected chi connectivity index (χ2v) is 8.06. The number of ether oxygens (including phenoxy) is 1. The lowest BCUT2D eigenvalue weighted by atomic mass is 10.1. The van der Waals surface area contributed by atoms with Crippen molar-refractivity contribution in [3.63, 3.8) is 0 Å².